The van der Waals surface area contributed by atoms with E-state index in [9.17, 15) is 34.4 Å². The SMILES string of the molecule is C#CCCC(=O)CC1C(O)C(F)C(O)(C(=O)OC)OC1[C@H](O)[C@H](O)CO. The Hall–Kier alpha value is -1.61. The van der Waals surface area contributed by atoms with Gasteiger partial charge in [-0.1, -0.05) is 0 Å². The molecule has 1 fully saturated rings. The first-order valence-electron chi connectivity index (χ1n) is 7.86. The van der Waals surface area contributed by atoms with Crippen molar-refractivity contribution in [3.05, 3.63) is 0 Å². The molecule has 5 N–H and O–H groups in total. The molecule has 5 unspecified atom stereocenters. The molecule has 1 saturated heterocycles. The Bertz CT molecular complexity index is 548. The van der Waals surface area contributed by atoms with Gasteiger partial charge in [0.05, 0.1) is 25.9 Å². The molecular formula is C16H23FO9. The normalized spacial score (nSPS) is 33.8. The minimum atomic E-state index is -3.26. The molecule has 26 heavy (non-hydrogen) atoms. The predicted molar refractivity (Wildman–Crippen MR) is 83.0 cm³/mol. The number of alkyl halides is 1. The van der Waals surface area contributed by atoms with Gasteiger partial charge >= 0.3 is 11.8 Å². The van der Waals surface area contributed by atoms with Crippen LogP contribution in [-0.4, -0.2) is 87.4 Å². The van der Waals surface area contributed by atoms with Crippen LogP contribution in [0.5, 0.6) is 0 Å². The minimum absolute atomic E-state index is 0.0800. The first-order chi connectivity index (χ1) is 12.1. The molecule has 1 aliphatic rings. The number of esters is 1. The Morgan fingerprint density at radius 2 is 2.04 bits per heavy atom. The van der Waals surface area contributed by atoms with Gasteiger partial charge in [0.15, 0.2) is 6.17 Å². The van der Waals surface area contributed by atoms with E-state index in [1.165, 1.54) is 0 Å². The van der Waals surface area contributed by atoms with Gasteiger partial charge in [-0.2, -0.15) is 0 Å². The number of aliphatic hydroxyl groups excluding tert-OH is 4. The smallest absolute Gasteiger partial charge is 0.369 e. The number of halogens is 1. The Kier molecular flexibility index (Phi) is 8.08. The monoisotopic (exact) mass is 378 g/mol. The second-order valence-electron chi connectivity index (χ2n) is 6.01. The van der Waals surface area contributed by atoms with Crippen LogP contribution in [0, 0.1) is 18.3 Å². The van der Waals surface area contributed by atoms with E-state index in [1.54, 1.807) is 0 Å². The number of methoxy groups -OCH3 is 1. The van der Waals surface area contributed by atoms with Crippen LogP contribution >= 0.6 is 0 Å². The number of hydrogen-bond donors (Lipinski definition) is 5. The summed E-state index contributed by atoms with van der Waals surface area (Å²) in [6.07, 6.45) is -5.71. The number of terminal acetylenes is 1. The molecule has 0 bridgehead atoms. The van der Waals surface area contributed by atoms with Crippen molar-refractivity contribution in [3.8, 4) is 12.3 Å². The number of hydrogen-bond acceptors (Lipinski definition) is 9. The summed E-state index contributed by atoms with van der Waals surface area (Å²) in [5.74, 6) is -4.49. The van der Waals surface area contributed by atoms with Crippen molar-refractivity contribution in [1.29, 1.82) is 0 Å². The first-order valence-corrected chi connectivity index (χ1v) is 7.86. The lowest BCUT2D eigenvalue weighted by molar-refractivity contribution is -0.330. The van der Waals surface area contributed by atoms with Gasteiger partial charge in [-0.25, -0.2) is 9.18 Å². The third kappa shape index (κ3) is 4.56. The fourth-order valence-corrected chi connectivity index (χ4v) is 2.77. The number of ether oxygens (including phenoxy) is 2. The molecule has 0 amide bonds. The van der Waals surface area contributed by atoms with E-state index >= 15 is 0 Å². The fourth-order valence-electron chi connectivity index (χ4n) is 2.77. The number of Topliss-reactive ketones (excluding diaryl/α,β-unsaturated/α-hetero) is 1. The van der Waals surface area contributed by atoms with Crippen LogP contribution in [-0.2, 0) is 19.1 Å². The zero-order valence-corrected chi connectivity index (χ0v) is 14.1. The highest BCUT2D eigenvalue weighted by Gasteiger charge is 2.61. The quantitative estimate of drug-likeness (QED) is 0.231. The molecule has 0 aromatic rings. The van der Waals surface area contributed by atoms with Gasteiger partial charge in [-0.3, -0.25) is 4.79 Å². The van der Waals surface area contributed by atoms with Crippen molar-refractivity contribution < 1.29 is 49.0 Å². The van der Waals surface area contributed by atoms with Crippen molar-refractivity contribution in [2.24, 2.45) is 5.92 Å². The number of carbonyl (C=O) groups is 2. The van der Waals surface area contributed by atoms with E-state index in [-0.39, 0.29) is 12.8 Å². The Balaban J connectivity index is 3.18. The van der Waals surface area contributed by atoms with E-state index in [4.69, 9.17) is 16.3 Å². The number of ketones is 1. The van der Waals surface area contributed by atoms with E-state index in [2.05, 4.69) is 10.7 Å². The van der Waals surface area contributed by atoms with Crippen LogP contribution in [0.15, 0.2) is 0 Å². The maximum absolute atomic E-state index is 14.5. The number of rotatable bonds is 8. The molecule has 148 valence electrons. The predicted octanol–water partition coefficient (Wildman–Crippen LogP) is -2.35. The third-order valence-corrected chi connectivity index (χ3v) is 4.26. The molecule has 0 saturated carbocycles. The van der Waals surface area contributed by atoms with Crippen molar-refractivity contribution in [1.82, 2.24) is 0 Å². The summed E-state index contributed by atoms with van der Waals surface area (Å²) in [5.41, 5.74) is 0. The summed E-state index contributed by atoms with van der Waals surface area (Å²) in [7, 11) is 0.839. The molecule has 0 aliphatic carbocycles. The van der Waals surface area contributed by atoms with Gasteiger partial charge in [-0.05, 0) is 0 Å². The fraction of sp³-hybridized carbons (Fsp3) is 0.750. The average molecular weight is 378 g/mol. The molecule has 0 radical (unpaired) electrons. The third-order valence-electron chi connectivity index (χ3n) is 4.26. The summed E-state index contributed by atoms with van der Waals surface area (Å²) in [5, 5.41) is 49.1. The molecule has 9 nitrogen and oxygen atoms in total. The van der Waals surface area contributed by atoms with Crippen molar-refractivity contribution in [2.75, 3.05) is 13.7 Å². The topological polar surface area (TPSA) is 154 Å². The molecule has 0 aromatic carbocycles. The van der Waals surface area contributed by atoms with E-state index in [1.807, 2.05) is 0 Å². The largest absolute Gasteiger partial charge is 0.465 e. The summed E-state index contributed by atoms with van der Waals surface area (Å²) in [6.45, 7) is -0.926. The molecule has 1 rings (SSSR count). The zero-order valence-electron chi connectivity index (χ0n) is 14.1. The Labute approximate surface area is 149 Å². The molecule has 7 atom stereocenters. The van der Waals surface area contributed by atoms with Crippen LogP contribution in [0.3, 0.4) is 0 Å². The highest BCUT2D eigenvalue weighted by molar-refractivity contribution is 5.80. The van der Waals surface area contributed by atoms with Gasteiger partial charge in [-0.15, -0.1) is 12.3 Å². The van der Waals surface area contributed by atoms with Gasteiger partial charge in [0.25, 0.3) is 0 Å². The Morgan fingerprint density at radius 1 is 1.42 bits per heavy atom. The van der Waals surface area contributed by atoms with Crippen molar-refractivity contribution >= 4 is 11.8 Å². The highest BCUT2D eigenvalue weighted by Crippen LogP contribution is 2.38. The van der Waals surface area contributed by atoms with Crippen LogP contribution in [0.25, 0.3) is 0 Å². The maximum Gasteiger partial charge on any atom is 0.369 e. The van der Waals surface area contributed by atoms with Gasteiger partial charge in [0, 0.05) is 25.2 Å². The lowest BCUT2D eigenvalue weighted by Gasteiger charge is -2.46. The van der Waals surface area contributed by atoms with Crippen LogP contribution in [0.2, 0.25) is 0 Å². The maximum atomic E-state index is 14.5. The van der Waals surface area contributed by atoms with Crippen molar-refractivity contribution in [2.45, 2.75) is 55.6 Å². The molecule has 1 aliphatic heterocycles. The molecule has 10 heteroatoms. The zero-order chi connectivity index (χ0) is 20.1. The summed E-state index contributed by atoms with van der Waals surface area (Å²) >= 11 is 0. The summed E-state index contributed by atoms with van der Waals surface area (Å²) in [4.78, 5) is 23.6. The van der Waals surface area contributed by atoms with Crippen LogP contribution in [0.1, 0.15) is 19.3 Å². The first kappa shape index (κ1) is 22.4. The Morgan fingerprint density at radius 3 is 2.54 bits per heavy atom. The number of aliphatic hydroxyl groups is 5. The van der Waals surface area contributed by atoms with Crippen LogP contribution in [0.4, 0.5) is 4.39 Å². The van der Waals surface area contributed by atoms with Gasteiger partial charge < -0.3 is 35.0 Å². The second kappa shape index (κ2) is 9.36. The van der Waals surface area contributed by atoms with E-state index in [0.29, 0.717) is 0 Å². The molecule has 0 spiro atoms. The molecule has 0 aromatic heterocycles. The molecular weight excluding hydrogens is 355 g/mol. The summed E-state index contributed by atoms with van der Waals surface area (Å²) < 4.78 is 23.7. The second-order valence-corrected chi connectivity index (χ2v) is 6.01. The van der Waals surface area contributed by atoms with Gasteiger partial charge in [0.2, 0.25) is 0 Å². The minimum Gasteiger partial charge on any atom is -0.465 e. The lowest BCUT2D eigenvalue weighted by atomic mass is 9.79. The lowest BCUT2D eigenvalue weighted by Crippen LogP contribution is -2.67. The number of carbonyl (C=O) groups excluding carboxylic acids is 2. The standard InChI is InChI=1S/C16H23FO9/c1-3-4-5-8(19)6-9-11(21)14(17)16(24,15(23)25-2)26-13(9)12(22)10(20)7-18/h1,9-14,18,20-22,24H,4-7H2,2H3/t9?,10-,11?,12-,13?,14?,16?/m1/s1. The van der Waals surface area contributed by atoms with E-state index in [0.717, 1.165) is 7.11 Å². The highest BCUT2D eigenvalue weighted by atomic mass is 19.1. The van der Waals surface area contributed by atoms with Crippen molar-refractivity contribution in [3.63, 3.8) is 0 Å². The van der Waals surface area contributed by atoms with Crippen LogP contribution < -0.4 is 0 Å². The van der Waals surface area contributed by atoms with Gasteiger partial charge in [0.1, 0.15) is 18.0 Å². The molecule has 1 heterocycles. The summed E-state index contributed by atoms with van der Waals surface area (Å²) in [6, 6.07) is 0. The average Bonchev–Trinajstić information content (AvgIpc) is 2.64. The van der Waals surface area contributed by atoms with E-state index < -0.39 is 67.1 Å².